The number of ether oxygens (including phenoxy) is 2. The highest BCUT2D eigenvalue weighted by Gasteiger charge is 2.17. The zero-order valence-electron chi connectivity index (χ0n) is 10.8. The van der Waals surface area contributed by atoms with E-state index in [1.807, 2.05) is 0 Å². The average Bonchev–Trinajstić information content (AvgIpc) is 2.92. The molecule has 0 aliphatic rings. The third kappa shape index (κ3) is 3.12. The summed E-state index contributed by atoms with van der Waals surface area (Å²) in [4.78, 5) is 10.4. The molecule has 0 bridgehead atoms. The minimum atomic E-state index is -0.506. The van der Waals surface area contributed by atoms with Gasteiger partial charge in [-0.2, -0.15) is 0 Å². The van der Waals surface area contributed by atoms with Gasteiger partial charge < -0.3 is 14.8 Å². The van der Waals surface area contributed by atoms with Gasteiger partial charge in [-0.3, -0.25) is 10.1 Å². The van der Waals surface area contributed by atoms with E-state index in [9.17, 15) is 10.1 Å². The summed E-state index contributed by atoms with van der Waals surface area (Å²) in [6.07, 6.45) is 0. The minimum Gasteiger partial charge on any atom is -0.497 e. The Bertz CT molecular complexity index is 616. The molecule has 20 heavy (non-hydrogen) atoms. The lowest BCUT2D eigenvalue weighted by atomic mass is 10.3. The lowest BCUT2D eigenvalue weighted by molar-refractivity contribution is -0.386. The molecule has 0 unspecified atom stereocenters. The van der Waals surface area contributed by atoms with Crippen molar-refractivity contribution in [2.24, 2.45) is 0 Å². The highest BCUT2D eigenvalue weighted by Crippen LogP contribution is 2.31. The van der Waals surface area contributed by atoms with Crippen LogP contribution in [0.1, 0.15) is 5.01 Å². The van der Waals surface area contributed by atoms with Gasteiger partial charge in [-0.15, -0.1) is 10.2 Å². The number of nitrogens with one attached hydrogen (secondary N) is 1. The molecule has 1 heterocycles. The third-order valence-electron chi connectivity index (χ3n) is 2.40. The van der Waals surface area contributed by atoms with Crippen LogP contribution in [0.15, 0.2) is 18.2 Å². The van der Waals surface area contributed by atoms with Crippen molar-refractivity contribution < 1.29 is 14.4 Å². The monoisotopic (exact) mass is 296 g/mol. The molecule has 0 aliphatic carbocycles. The maximum absolute atomic E-state index is 10.9. The Balaban J connectivity index is 2.16. The molecule has 9 heteroatoms. The molecule has 0 atom stereocenters. The first-order valence-corrected chi connectivity index (χ1v) is 6.41. The van der Waals surface area contributed by atoms with Gasteiger partial charge in [0.2, 0.25) is 10.9 Å². The third-order valence-corrected chi connectivity index (χ3v) is 3.31. The zero-order valence-corrected chi connectivity index (χ0v) is 11.6. The molecule has 0 amide bonds. The topological polar surface area (TPSA) is 99.4 Å². The van der Waals surface area contributed by atoms with Gasteiger partial charge in [-0.25, -0.2) is 0 Å². The quantitative estimate of drug-likeness (QED) is 0.643. The number of nitro benzene ring substituents is 1. The van der Waals surface area contributed by atoms with Crippen LogP contribution in [0.2, 0.25) is 0 Å². The average molecular weight is 296 g/mol. The van der Waals surface area contributed by atoms with Crippen LogP contribution in [0.4, 0.5) is 10.8 Å². The van der Waals surface area contributed by atoms with Crippen molar-refractivity contribution in [3.8, 4) is 11.5 Å². The molecule has 0 radical (unpaired) electrons. The van der Waals surface area contributed by atoms with Crippen LogP contribution >= 0.6 is 11.3 Å². The minimum absolute atomic E-state index is 0.105. The van der Waals surface area contributed by atoms with E-state index in [2.05, 4.69) is 15.5 Å². The summed E-state index contributed by atoms with van der Waals surface area (Å²) in [6, 6.07) is 4.32. The van der Waals surface area contributed by atoms with Gasteiger partial charge in [0.25, 0.3) is 0 Å². The number of rotatable bonds is 6. The Labute approximate surface area is 118 Å². The van der Waals surface area contributed by atoms with Gasteiger partial charge in [0.15, 0.2) is 5.01 Å². The zero-order chi connectivity index (χ0) is 14.5. The van der Waals surface area contributed by atoms with Crippen LogP contribution in [0, 0.1) is 10.1 Å². The summed E-state index contributed by atoms with van der Waals surface area (Å²) in [5.41, 5.74) is -0.121. The normalized spacial score (nSPS) is 10.1. The summed E-state index contributed by atoms with van der Waals surface area (Å²) >= 11 is 1.32. The van der Waals surface area contributed by atoms with Gasteiger partial charge >= 0.3 is 5.69 Å². The van der Waals surface area contributed by atoms with Crippen molar-refractivity contribution in [1.29, 1.82) is 0 Å². The number of hydrogen-bond acceptors (Lipinski definition) is 8. The maximum Gasteiger partial charge on any atom is 0.311 e. The molecule has 0 spiro atoms. The predicted octanol–water partition coefficient (Wildman–Crippen LogP) is 2.08. The van der Waals surface area contributed by atoms with E-state index in [4.69, 9.17) is 9.47 Å². The van der Waals surface area contributed by atoms with Crippen LogP contribution in [0.5, 0.6) is 11.5 Å². The van der Waals surface area contributed by atoms with Crippen molar-refractivity contribution in [3.63, 3.8) is 0 Å². The van der Waals surface area contributed by atoms with Crippen LogP contribution < -0.4 is 14.8 Å². The molecule has 2 rings (SSSR count). The van der Waals surface area contributed by atoms with Crippen LogP contribution in [-0.2, 0) is 6.61 Å². The molecular formula is C11H12N4O4S. The summed E-state index contributed by atoms with van der Waals surface area (Å²) in [5, 5.41) is 22.8. The molecule has 1 aromatic heterocycles. The molecule has 2 aromatic rings. The maximum atomic E-state index is 10.9. The molecular weight excluding hydrogens is 284 g/mol. The first-order valence-electron chi connectivity index (χ1n) is 5.59. The van der Waals surface area contributed by atoms with E-state index < -0.39 is 4.92 Å². The van der Waals surface area contributed by atoms with Crippen molar-refractivity contribution >= 4 is 22.2 Å². The number of nitro groups is 1. The predicted molar refractivity (Wildman–Crippen MR) is 73.4 cm³/mol. The summed E-state index contributed by atoms with van der Waals surface area (Å²) in [6.45, 7) is 0.105. The van der Waals surface area contributed by atoms with Gasteiger partial charge in [0.05, 0.1) is 12.0 Å². The standard InChI is InChI=1S/C11H12N4O4S/c1-12-11-14-13-10(20-11)6-19-9-5-7(18-2)3-4-8(9)15(16)17/h3-5H,6H2,1-2H3,(H,12,14). The van der Waals surface area contributed by atoms with Gasteiger partial charge in [0, 0.05) is 19.2 Å². The molecule has 1 aromatic carbocycles. The summed E-state index contributed by atoms with van der Waals surface area (Å²) in [7, 11) is 3.22. The number of aromatic nitrogens is 2. The second kappa shape index (κ2) is 6.15. The summed E-state index contributed by atoms with van der Waals surface area (Å²) in [5.74, 6) is 0.620. The van der Waals surface area contributed by atoms with E-state index in [0.29, 0.717) is 15.9 Å². The summed E-state index contributed by atoms with van der Waals surface area (Å²) < 4.78 is 10.5. The Morgan fingerprint density at radius 2 is 2.25 bits per heavy atom. The molecule has 1 N–H and O–H groups in total. The van der Waals surface area contributed by atoms with Crippen LogP contribution in [0.25, 0.3) is 0 Å². The fourth-order valence-corrected chi connectivity index (χ4v) is 2.05. The van der Waals surface area contributed by atoms with E-state index in [1.165, 1.54) is 36.6 Å². The lowest BCUT2D eigenvalue weighted by Crippen LogP contribution is -1.99. The van der Waals surface area contributed by atoms with Crippen molar-refractivity contribution in [2.45, 2.75) is 6.61 Å². The van der Waals surface area contributed by atoms with E-state index in [-0.39, 0.29) is 18.0 Å². The second-order valence-corrected chi connectivity index (χ2v) is 4.69. The lowest BCUT2D eigenvalue weighted by Gasteiger charge is -2.06. The number of methoxy groups -OCH3 is 1. The van der Waals surface area contributed by atoms with Gasteiger partial charge in [-0.05, 0) is 6.07 Å². The molecule has 0 aliphatic heterocycles. The van der Waals surface area contributed by atoms with E-state index in [0.717, 1.165) is 0 Å². The fraction of sp³-hybridized carbons (Fsp3) is 0.273. The highest BCUT2D eigenvalue weighted by molar-refractivity contribution is 7.15. The largest absolute Gasteiger partial charge is 0.497 e. The van der Waals surface area contributed by atoms with Crippen LogP contribution in [0.3, 0.4) is 0 Å². The molecule has 0 saturated carbocycles. The van der Waals surface area contributed by atoms with Crippen molar-refractivity contribution in [1.82, 2.24) is 10.2 Å². The number of anilines is 1. The number of nitrogens with zero attached hydrogens (tertiary/aromatic N) is 3. The number of hydrogen-bond donors (Lipinski definition) is 1. The van der Waals surface area contributed by atoms with Crippen LogP contribution in [-0.4, -0.2) is 29.3 Å². The molecule has 0 saturated heterocycles. The molecule has 0 fully saturated rings. The Hall–Kier alpha value is -2.42. The Kier molecular flexibility index (Phi) is 4.31. The molecule has 106 valence electrons. The number of benzene rings is 1. The smallest absolute Gasteiger partial charge is 0.311 e. The first-order chi connectivity index (χ1) is 9.63. The Morgan fingerprint density at radius 3 is 2.85 bits per heavy atom. The first kappa shape index (κ1) is 14.0. The van der Waals surface area contributed by atoms with Crippen molar-refractivity contribution in [3.05, 3.63) is 33.3 Å². The van der Waals surface area contributed by atoms with E-state index >= 15 is 0 Å². The van der Waals surface area contributed by atoms with E-state index in [1.54, 1.807) is 7.05 Å². The second-order valence-electron chi connectivity index (χ2n) is 3.63. The SMILES string of the molecule is CNc1nnc(COc2cc(OC)ccc2[N+](=O)[O-])s1. The molecule has 8 nitrogen and oxygen atoms in total. The fourth-order valence-electron chi connectivity index (χ4n) is 1.44. The van der Waals surface area contributed by atoms with Gasteiger partial charge in [0.1, 0.15) is 12.4 Å². The Morgan fingerprint density at radius 1 is 1.45 bits per heavy atom. The highest BCUT2D eigenvalue weighted by atomic mass is 32.1. The van der Waals surface area contributed by atoms with Crippen molar-refractivity contribution in [2.75, 3.05) is 19.5 Å². The van der Waals surface area contributed by atoms with Gasteiger partial charge in [-0.1, -0.05) is 11.3 Å².